The Morgan fingerprint density at radius 3 is 2.75 bits per heavy atom. The third kappa shape index (κ3) is 5.32. The number of alkyl carbamates (subject to hydrolysis) is 1. The molecule has 1 saturated heterocycles. The molecular weight excluding hydrogens is 208 g/mol. The number of rotatable bonds is 3. The molecule has 1 amide bonds. The standard InChI is InChI=1S/C11H22N2O3/c1-11(2,3)16-10(15)12-5-7-13-6-4-9(14)8-13/h9,14H,4-8H2,1-3H3,(H,12,15). The van der Waals surface area contributed by atoms with Gasteiger partial charge in [0.2, 0.25) is 0 Å². The number of ether oxygens (including phenoxy) is 1. The normalized spacial score (nSPS) is 22.1. The van der Waals surface area contributed by atoms with Gasteiger partial charge in [-0.2, -0.15) is 0 Å². The second kappa shape index (κ2) is 5.50. The van der Waals surface area contributed by atoms with Crippen molar-refractivity contribution in [1.82, 2.24) is 10.2 Å². The smallest absolute Gasteiger partial charge is 0.407 e. The summed E-state index contributed by atoms with van der Waals surface area (Å²) in [6, 6.07) is 0. The predicted molar refractivity (Wildman–Crippen MR) is 61.3 cm³/mol. The van der Waals surface area contributed by atoms with Crippen LogP contribution in [-0.4, -0.2) is 54.0 Å². The lowest BCUT2D eigenvalue weighted by atomic mass is 10.2. The molecule has 1 aliphatic rings. The van der Waals surface area contributed by atoms with Crippen molar-refractivity contribution in [3.8, 4) is 0 Å². The number of likely N-dealkylation sites (tertiary alicyclic amines) is 1. The Kier molecular flexibility index (Phi) is 4.56. The summed E-state index contributed by atoms with van der Waals surface area (Å²) in [6.07, 6.45) is 0.237. The topological polar surface area (TPSA) is 61.8 Å². The van der Waals surface area contributed by atoms with Gasteiger partial charge in [0.1, 0.15) is 5.60 Å². The molecule has 1 heterocycles. The zero-order chi connectivity index (χ0) is 12.2. The van der Waals surface area contributed by atoms with Gasteiger partial charge in [0.15, 0.2) is 0 Å². The van der Waals surface area contributed by atoms with Gasteiger partial charge < -0.3 is 15.2 Å². The van der Waals surface area contributed by atoms with Crippen molar-refractivity contribution in [2.75, 3.05) is 26.2 Å². The van der Waals surface area contributed by atoms with E-state index in [0.717, 1.165) is 19.5 Å². The molecule has 16 heavy (non-hydrogen) atoms. The van der Waals surface area contributed by atoms with Crippen LogP contribution in [0.2, 0.25) is 0 Å². The van der Waals surface area contributed by atoms with E-state index in [1.807, 2.05) is 20.8 Å². The van der Waals surface area contributed by atoms with Gasteiger partial charge in [-0.25, -0.2) is 4.79 Å². The average Bonchev–Trinajstić information content (AvgIpc) is 2.48. The number of nitrogens with zero attached hydrogens (tertiary/aromatic N) is 1. The quantitative estimate of drug-likeness (QED) is 0.744. The maximum absolute atomic E-state index is 11.3. The minimum atomic E-state index is -0.450. The number of aliphatic hydroxyl groups excluding tert-OH is 1. The van der Waals surface area contributed by atoms with Gasteiger partial charge in [-0.05, 0) is 27.2 Å². The van der Waals surface area contributed by atoms with Crippen molar-refractivity contribution < 1.29 is 14.6 Å². The molecule has 2 N–H and O–H groups in total. The number of amides is 1. The number of hydrogen-bond acceptors (Lipinski definition) is 4. The molecular formula is C11H22N2O3. The van der Waals surface area contributed by atoms with E-state index in [4.69, 9.17) is 4.74 Å². The zero-order valence-electron chi connectivity index (χ0n) is 10.3. The minimum Gasteiger partial charge on any atom is -0.444 e. The Hall–Kier alpha value is -0.810. The Bertz CT molecular complexity index is 238. The molecule has 0 aromatic rings. The van der Waals surface area contributed by atoms with Gasteiger partial charge in [0.05, 0.1) is 6.10 Å². The first kappa shape index (κ1) is 13.3. The first-order valence-corrected chi connectivity index (χ1v) is 5.74. The summed E-state index contributed by atoms with van der Waals surface area (Å²) < 4.78 is 5.11. The van der Waals surface area contributed by atoms with E-state index in [-0.39, 0.29) is 12.2 Å². The lowest BCUT2D eigenvalue weighted by Gasteiger charge is -2.20. The van der Waals surface area contributed by atoms with Crippen LogP contribution in [-0.2, 0) is 4.74 Å². The van der Waals surface area contributed by atoms with Crippen LogP contribution in [0.5, 0.6) is 0 Å². The molecule has 0 saturated carbocycles. The summed E-state index contributed by atoms with van der Waals surface area (Å²) in [5.74, 6) is 0. The summed E-state index contributed by atoms with van der Waals surface area (Å²) in [5, 5.41) is 12.0. The van der Waals surface area contributed by atoms with Crippen molar-refractivity contribution in [1.29, 1.82) is 0 Å². The van der Waals surface area contributed by atoms with Crippen LogP contribution in [0, 0.1) is 0 Å². The SMILES string of the molecule is CC(C)(C)OC(=O)NCCN1CCC(O)C1. The molecule has 1 aliphatic heterocycles. The lowest BCUT2D eigenvalue weighted by molar-refractivity contribution is 0.0523. The summed E-state index contributed by atoms with van der Waals surface area (Å²) in [5.41, 5.74) is -0.450. The second-order valence-corrected chi connectivity index (χ2v) is 5.17. The summed E-state index contributed by atoms with van der Waals surface area (Å²) in [6.45, 7) is 8.43. The molecule has 0 aromatic heterocycles. The van der Waals surface area contributed by atoms with Crippen molar-refractivity contribution in [2.45, 2.75) is 38.9 Å². The van der Waals surface area contributed by atoms with Crippen LogP contribution >= 0.6 is 0 Å². The maximum Gasteiger partial charge on any atom is 0.407 e. The van der Waals surface area contributed by atoms with Crippen LogP contribution in [0.4, 0.5) is 4.79 Å². The van der Waals surface area contributed by atoms with E-state index in [9.17, 15) is 9.90 Å². The first-order valence-electron chi connectivity index (χ1n) is 5.74. The molecule has 5 heteroatoms. The highest BCUT2D eigenvalue weighted by atomic mass is 16.6. The van der Waals surface area contributed by atoms with Gasteiger partial charge in [-0.1, -0.05) is 0 Å². The van der Waals surface area contributed by atoms with Crippen molar-refractivity contribution in [3.63, 3.8) is 0 Å². The van der Waals surface area contributed by atoms with Crippen LogP contribution < -0.4 is 5.32 Å². The zero-order valence-corrected chi connectivity index (χ0v) is 10.3. The summed E-state index contributed by atoms with van der Waals surface area (Å²) in [4.78, 5) is 13.4. The molecule has 5 nitrogen and oxygen atoms in total. The molecule has 1 unspecified atom stereocenters. The highest BCUT2D eigenvalue weighted by molar-refractivity contribution is 5.67. The van der Waals surface area contributed by atoms with Crippen LogP contribution in [0.15, 0.2) is 0 Å². The van der Waals surface area contributed by atoms with Crippen LogP contribution in [0.3, 0.4) is 0 Å². The van der Waals surface area contributed by atoms with E-state index in [1.165, 1.54) is 0 Å². The van der Waals surface area contributed by atoms with Crippen molar-refractivity contribution >= 4 is 6.09 Å². The Balaban J connectivity index is 2.09. The molecule has 0 spiro atoms. The number of β-amino-alcohol motifs (C(OH)–C–C–N with tert-alkyl or cyclic N) is 1. The Morgan fingerprint density at radius 2 is 2.25 bits per heavy atom. The van der Waals surface area contributed by atoms with E-state index < -0.39 is 5.60 Å². The molecule has 94 valence electrons. The van der Waals surface area contributed by atoms with Gasteiger partial charge in [0, 0.05) is 26.2 Å². The number of nitrogens with one attached hydrogen (secondary N) is 1. The summed E-state index contributed by atoms with van der Waals surface area (Å²) in [7, 11) is 0. The van der Waals surface area contributed by atoms with Gasteiger partial charge in [0.25, 0.3) is 0 Å². The monoisotopic (exact) mass is 230 g/mol. The van der Waals surface area contributed by atoms with Gasteiger partial charge >= 0.3 is 6.09 Å². The third-order valence-electron chi connectivity index (χ3n) is 2.34. The van der Waals surface area contributed by atoms with E-state index in [0.29, 0.717) is 13.1 Å². The van der Waals surface area contributed by atoms with Crippen molar-refractivity contribution in [3.05, 3.63) is 0 Å². The molecule has 1 atom stereocenters. The first-order chi connectivity index (χ1) is 7.37. The largest absolute Gasteiger partial charge is 0.444 e. The Morgan fingerprint density at radius 1 is 1.56 bits per heavy atom. The fourth-order valence-corrected chi connectivity index (χ4v) is 1.65. The van der Waals surface area contributed by atoms with Gasteiger partial charge in [-0.15, -0.1) is 0 Å². The van der Waals surface area contributed by atoms with E-state index in [1.54, 1.807) is 0 Å². The highest BCUT2D eigenvalue weighted by Crippen LogP contribution is 2.08. The lowest BCUT2D eigenvalue weighted by Crippen LogP contribution is -2.37. The predicted octanol–water partition coefficient (Wildman–Crippen LogP) is 0.578. The van der Waals surface area contributed by atoms with Crippen LogP contribution in [0.1, 0.15) is 27.2 Å². The number of aliphatic hydroxyl groups is 1. The average molecular weight is 230 g/mol. The minimum absolute atomic E-state index is 0.207. The molecule has 0 aromatic carbocycles. The van der Waals surface area contributed by atoms with Crippen LogP contribution in [0.25, 0.3) is 0 Å². The van der Waals surface area contributed by atoms with E-state index in [2.05, 4.69) is 10.2 Å². The van der Waals surface area contributed by atoms with E-state index >= 15 is 0 Å². The highest BCUT2D eigenvalue weighted by Gasteiger charge is 2.20. The fourth-order valence-electron chi connectivity index (χ4n) is 1.65. The number of hydrogen-bond donors (Lipinski definition) is 2. The maximum atomic E-state index is 11.3. The van der Waals surface area contributed by atoms with Gasteiger partial charge in [-0.3, -0.25) is 4.90 Å². The number of carbonyl (C=O) groups is 1. The molecule has 0 aliphatic carbocycles. The number of carbonyl (C=O) groups excluding carboxylic acids is 1. The fraction of sp³-hybridized carbons (Fsp3) is 0.909. The summed E-state index contributed by atoms with van der Waals surface area (Å²) >= 11 is 0. The Labute approximate surface area is 96.8 Å². The second-order valence-electron chi connectivity index (χ2n) is 5.17. The molecule has 1 fully saturated rings. The van der Waals surface area contributed by atoms with Crippen molar-refractivity contribution in [2.24, 2.45) is 0 Å². The third-order valence-corrected chi connectivity index (χ3v) is 2.34. The molecule has 0 radical (unpaired) electrons. The molecule has 1 rings (SSSR count). The molecule has 0 bridgehead atoms.